The maximum absolute atomic E-state index is 13.4. The summed E-state index contributed by atoms with van der Waals surface area (Å²) in [5.41, 5.74) is 3.41. The smallest absolute Gasteiger partial charge is 0.264 e. The Morgan fingerprint density at radius 1 is 1.12 bits per heavy atom. The van der Waals surface area contributed by atoms with Gasteiger partial charge in [0.2, 0.25) is 0 Å². The van der Waals surface area contributed by atoms with Crippen molar-refractivity contribution in [2.24, 2.45) is 0 Å². The minimum absolute atomic E-state index is 0.162. The number of rotatable bonds is 7. The van der Waals surface area contributed by atoms with Gasteiger partial charge < -0.3 is 10.1 Å². The fourth-order valence-electron chi connectivity index (χ4n) is 4.11. The van der Waals surface area contributed by atoms with Gasteiger partial charge in [0.15, 0.2) is 6.61 Å². The van der Waals surface area contributed by atoms with Crippen LogP contribution in [0.3, 0.4) is 0 Å². The van der Waals surface area contributed by atoms with Crippen LogP contribution in [0.25, 0.3) is 0 Å². The van der Waals surface area contributed by atoms with Gasteiger partial charge in [-0.15, -0.1) is 0 Å². The summed E-state index contributed by atoms with van der Waals surface area (Å²) in [6.07, 6.45) is 1.65. The van der Waals surface area contributed by atoms with Crippen LogP contribution in [0.1, 0.15) is 36.1 Å². The van der Waals surface area contributed by atoms with E-state index in [1.54, 1.807) is 19.1 Å². The summed E-state index contributed by atoms with van der Waals surface area (Å²) in [7, 11) is -3.70. The van der Waals surface area contributed by atoms with E-state index in [4.69, 9.17) is 4.74 Å². The number of nitrogens with zero attached hydrogens (tertiary/aromatic N) is 1. The molecule has 0 aliphatic carbocycles. The van der Waals surface area contributed by atoms with Crippen molar-refractivity contribution < 1.29 is 17.9 Å². The van der Waals surface area contributed by atoms with E-state index in [1.807, 2.05) is 55.5 Å². The number of hydrogen-bond donors (Lipinski definition) is 1. The van der Waals surface area contributed by atoms with Crippen molar-refractivity contribution in [1.29, 1.82) is 0 Å². The molecule has 1 N–H and O–H groups in total. The quantitative estimate of drug-likeness (QED) is 0.447. The molecular formula is C26H27BrN2O4S. The van der Waals surface area contributed by atoms with Crippen LogP contribution < -0.4 is 14.4 Å². The van der Waals surface area contributed by atoms with Gasteiger partial charge in [-0.3, -0.25) is 9.10 Å². The van der Waals surface area contributed by atoms with Crippen LogP contribution in [0, 0.1) is 6.92 Å². The Morgan fingerprint density at radius 3 is 2.68 bits per heavy atom. The first-order valence-corrected chi connectivity index (χ1v) is 13.4. The number of fused-ring (bicyclic) bond motifs is 1. The molecule has 34 heavy (non-hydrogen) atoms. The van der Waals surface area contributed by atoms with E-state index in [-0.39, 0.29) is 23.5 Å². The number of carbonyl (C=O) groups is 1. The Balaban J connectivity index is 1.43. The molecule has 1 amide bonds. The molecule has 0 aromatic heterocycles. The second-order valence-electron chi connectivity index (χ2n) is 8.37. The summed E-state index contributed by atoms with van der Waals surface area (Å²) in [5, 5.41) is 2.91. The lowest BCUT2D eigenvalue weighted by Crippen LogP contribution is -2.35. The van der Waals surface area contributed by atoms with Crippen LogP contribution in [0.4, 0.5) is 5.69 Å². The monoisotopic (exact) mass is 542 g/mol. The number of hydrogen-bond acceptors (Lipinski definition) is 4. The maximum Gasteiger partial charge on any atom is 0.264 e. The number of benzene rings is 3. The molecule has 0 radical (unpaired) electrons. The normalized spacial score (nSPS) is 14.3. The highest BCUT2D eigenvalue weighted by Gasteiger charge is 2.29. The first-order chi connectivity index (χ1) is 16.3. The van der Waals surface area contributed by atoms with Crippen LogP contribution in [0.5, 0.6) is 5.75 Å². The molecule has 6 nitrogen and oxygen atoms in total. The lowest BCUT2D eigenvalue weighted by molar-refractivity contribution is -0.123. The minimum Gasteiger partial charge on any atom is -0.484 e. The van der Waals surface area contributed by atoms with Gasteiger partial charge in [-0.2, -0.15) is 0 Å². The van der Waals surface area contributed by atoms with Crippen molar-refractivity contribution in [3.8, 4) is 5.75 Å². The Bertz CT molecular complexity index is 1310. The Kier molecular flexibility index (Phi) is 7.28. The highest BCUT2D eigenvalue weighted by Crippen LogP contribution is 2.33. The highest BCUT2D eigenvalue weighted by molar-refractivity contribution is 9.10. The molecule has 0 fully saturated rings. The molecule has 0 unspecified atom stereocenters. The topological polar surface area (TPSA) is 75.7 Å². The van der Waals surface area contributed by atoms with Gasteiger partial charge in [0.05, 0.1) is 16.6 Å². The third-order valence-corrected chi connectivity index (χ3v) is 8.19. The third-order valence-electron chi connectivity index (χ3n) is 5.89. The van der Waals surface area contributed by atoms with E-state index in [0.29, 0.717) is 17.9 Å². The van der Waals surface area contributed by atoms with Crippen LogP contribution in [0.2, 0.25) is 0 Å². The molecule has 1 heterocycles. The molecule has 178 valence electrons. The molecule has 3 aromatic carbocycles. The number of carbonyl (C=O) groups excluding carboxylic acids is 1. The molecule has 1 aliphatic rings. The minimum atomic E-state index is -3.70. The van der Waals surface area contributed by atoms with Gasteiger partial charge in [-0.1, -0.05) is 46.3 Å². The van der Waals surface area contributed by atoms with E-state index in [2.05, 4.69) is 21.2 Å². The molecule has 3 aromatic rings. The summed E-state index contributed by atoms with van der Waals surface area (Å²) in [4.78, 5) is 12.6. The Morgan fingerprint density at radius 2 is 1.91 bits per heavy atom. The van der Waals surface area contributed by atoms with Crippen molar-refractivity contribution >= 4 is 37.5 Å². The predicted molar refractivity (Wildman–Crippen MR) is 137 cm³/mol. The van der Waals surface area contributed by atoms with E-state index >= 15 is 0 Å². The Hall–Kier alpha value is -2.84. The highest BCUT2D eigenvalue weighted by atomic mass is 79.9. The van der Waals surface area contributed by atoms with E-state index in [0.717, 1.165) is 34.1 Å². The summed E-state index contributed by atoms with van der Waals surface area (Å²) in [6.45, 7) is 3.97. The molecule has 0 saturated heterocycles. The number of ether oxygens (including phenoxy) is 1. The summed E-state index contributed by atoms with van der Waals surface area (Å²) < 4.78 is 34.9. The molecule has 8 heteroatoms. The molecule has 1 atom stereocenters. The molecule has 1 aliphatic heterocycles. The number of anilines is 1. The summed E-state index contributed by atoms with van der Waals surface area (Å²) >= 11 is 3.44. The van der Waals surface area contributed by atoms with Crippen LogP contribution in [-0.4, -0.2) is 27.5 Å². The first-order valence-electron chi connectivity index (χ1n) is 11.1. The standard InChI is InChI=1S/C26H27BrN2O4S/c1-18-15-23(34(31,32)29-14-6-9-20-7-3-4-11-24(20)29)12-13-25(18)33-17-26(30)28-19(2)21-8-5-10-22(27)16-21/h3-5,7-8,10-13,15-16,19H,6,9,14,17H2,1-2H3,(H,28,30)/t19-/m0/s1. The second-order valence-corrected chi connectivity index (χ2v) is 11.1. The second kappa shape index (κ2) is 10.2. The predicted octanol–water partition coefficient (Wildman–Crippen LogP) is 5.16. The summed E-state index contributed by atoms with van der Waals surface area (Å²) in [6, 6.07) is 19.9. The number of para-hydroxylation sites is 1. The zero-order valence-electron chi connectivity index (χ0n) is 19.1. The zero-order valence-corrected chi connectivity index (χ0v) is 21.5. The van der Waals surface area contributed by atoms with Crippen molar-refractivity contribution in [1.82, 2.24) is 5.32 Å². The zero-order chi connectivity index (χ0) is 24.3. The number of aryl methyl sites for hydroxylation is 2. The number of nitrogens with one attached hydrogen (secondary N) is 1. The van der Waals surface area contributed by atoms with Crippen molar-refractivity contribution in [3.63, 3.8) is 0 Å². The molecule has 0 saturated carbocycles. The molecule has 0 spiro atoms. The molecule has 4 rings (SSSR count). The third kappa shape index (κ3) is 5.28. The van der Waals surface area contributed by atoms with Gasteiger partial charge >= 0.3 is 0 Å². The molecule has 0 bridgehead atoms. The maximum atomic E-state index is 13.4. The lowest BCUT2D eigenvalue weighted by Gasteiger charge is -2.30. The van der Waals surface area contributed by atoms with E-state index in [1.165, 1.54) is 10.4 Å². The van der Waals surface area contributed by atoms with E-state index < -0.39 is 10.0 Å². The number of halogens is 1. The van der Waals surface area contributed by atoms with Crippen molar-refractivity contribution in [2.75, 3.05) is 17.5 Å². The van der Waals surface area contributed by atoms with Gasteiger partial charge in [0, 0.05) is 11.0 Å². The number of amides is 1. The summed E-state index contributed by atoms with van der Waals surface area (Å²) in [5.74, 6) is 0.219. The fraction of sp³-hybridized carbons (Fsp3) is 0.269. The van der Waals surface area contributed by atoms with Crippen molar-refractivity contribution in [3.05, 3.63) is 87.9 Å². The lowest BCUT2D eigenvalue weighted by atomic mass is 10.0. The molecular weight excluding hydrogens is 516 g/mol. The van der Waals surface area contributed by atoms with Crippen LogP contribution in [-0.2, 0) is 21.2 Å². The average molecular weight is 543 g/mol. The fourth-order valence-corrected chi connectivity index (χ4v) is 6.15. The SMILES string of the molecule is Cc1cc(S(=O)(=O)N2CCCc3ccccc32)ccc1OCC(=O)N[C@@H](C)c1cccc(Br)c1. The number of sulfonamides is 1. The Labute approximate surface area is 209 Å². The van der Waals surface area contributed by atoms with Gasteiger partial charge in [-0.25, -0.2) is 8.42 Å². The van der Waals surface area contributed by atoms with Gasteiger partial charge in [0.25, 0.3) is 15.9 Å². The largest absolute Gasteiger partial charge is 0.484 e. The van der Waals surface area contributed by atoms with Gasteiger partial charge in [0.1, 0.15) is 5.75 Å². The van der Waals surface area contributed by atoms with Crippen molar-refractivity contribution in [2.45, 2.75) is 37.6 Å². The average Bonchev–Trinajstić information content (AvgIpc) is 2.82. The van der Waals surface area contributed by atoms with Crippen LogP contribution in [0.15, 0.2) is 76.1 Å². The first kappa shape index (κ1) is 24.3. The van der Waals surface area contributed by atoms with Gasteiger partial charge in [-0.05, 0) is 79.8 Å². The van der Waals surface area contributed by atoms with Crippen LogP contribution >= 0.6 is 15.9 Å². The van der Waals surface area contributed by atoms with E-state index in [9.17, 15) is 13.2 Å².